The highest BCUT2D eigenvalue weighted by Crippen LogP contribution is 2.30. The molecule has 0 aromatic rings. The first-order valence-corrected chi connectivity index (χ1v) is 5.56. The van der Waals surface area contributed by atoms with Crippen LogP contribution in [0.4, 0.5) is 0 Å². The van der Waals surface area contributed by atoms with Crippen molar-refractivity contribution < 1.29 is 9.53 Å². The topological polar surface area (TPSA) is 26.3 Å². The molecule has 2 heteroatoms. The lowest BCUT2D eigenvalue weighted by Crippen LogP contribution is -2.25. The van der Waals surface area contributed by atoms with Gasteiger partial charge >= 0.3 is 5.97 Å². The van der Waals surface area contributed by atoms with E-state index in [-0.39, 0.29) is 12.1 Å². The Morgan fingerprint density at radius 1 is 1.67 bits per heavy atom. The molecule has 0 heterocycles. The van der Waals surface area contributed by atoms with Gasteiger partial charge in [0, 0.05) is 6.42 Å². The molecule has 0 N–H and O–H groups in total. The van der Waals surface area contributed by atoms with Crippen molar-refractivity contribution >= 4 is 5.97 Å². The van der Waals surface area contributed by atoms with Crippen LogP contribution in [0, 0.1) is 5.92 Å². The fraction of sp³-hybridized carbons (Fsp3) is 0.615. The number of hydrogen-bond acceptors (Lipinski definition) is 2. The minimum atomic E-state index is -0.116. The maximum atomic E-state index is 11.2. The van der Waals surface area contributed by atoms with Crippen LogP contribution in [0.5, 0.6) is 0 Å². The van der Waals surface area contributed by atoms with Crippen LogP contribution in [0.15, 0.2) is 23.8 Å². The van der Waals surface area contributed by atoms with Gasteiger partial charge in [0.05, 0.1) is 0 Å². The van der Waals surface area contributed by atoms with Crippen molar-refractivity contribution in [2.75, 3.05) is 0 Å². The van der Waals surface area contributed by atoms with Crippen LogP contribution in [-0.4, -0.2) is 12.1 Å². The molecule has 0 bridgehead atoms. The molecule has 0 aliphatic heterocycles. The Labute approximate surface area is 92.0 Å². The maximum absolute atomic E-state index is 11.2. The van der Waals surface area contributed by atoms with Crippen molar-refractivity contribution in [2.24, 2.45) is 5.92 Å². The Morgan fingerprint density at radius 2 is 2.33 bits per heavy atom. The van der Waals surface area contributed by atoms with Gasteiger partial charge in [0.15, 0.2) is 0 Å². The molecule has 1 rings (SSSR count). The first kappa shape index (κ1) is 12.0. The van der Waals surface area contributed by atoms with Crippen LogP contribution >= 0.6 is 0 Å². The average molecular weight is 208 g/mol. The van der Waals surface area contributed by atoms with Crippen molar-refractivity contribution in [1.82, 2.24) is 0 Å². The van der Waals surface area contributed by atoms with Gasteiger partial charge in [-0.3, -0.25) is 4.79 Å². The monoisotopic (exact) mass is 208 g/mol. The first-order chi connectivity index (χ1) is 7.04. The van der Waals surface area contributed by atoms with E-state index >= 15 is 0 Å². The zero-order chi connectivity index (χ0) is 11.4. The molecular formula is C13H20O2. The van der Waals surface area contributed by atoms with Crippen molar-refractivity contribution in [2.45, 2.75) is 46.1 Å². The SMILES string of the molecule is C=C(C)[C@H]1CC=C(C)C(OC(=O)CC)C1. The first-order valence-electron chi connectivity index (χ1n) is 5.56. The fourth-order valence-electron chi connectivity index (χ4n) is 1.79. The molecule has 2 atom stereocenters. The third-order valence-electron chi connectivity index (χ3n) is 2.99. The normalized spacial score (nSPS) is 25.7. The summed E-state index contributed by atoms with van der Waals surface area (Å²) in [7, 11) is 0. The predicted molar refractivity (Wildman–Crippen MR) is 61.5 cm³/mol. The molecule has 1 unspecified atom stereocenters. The minimum Gasteiger partial charge on any atom is -0.458 e. The van der Waals surface area contributed by atoms with Crippen molar-refractivity contribution in [3.05, 3.63) is 23.8 Å². The van der Waals surface area contributed by atoms with Gasteiger partial charge in [-0.1, -0.05) is 25.2 Å². The summed E-state index contributed by atoms with van der Waals surface area (Å²) in [6.45, 7) is 9.86. The number of esters is 1. The molecule has 0 saturated heterocycles. The quantitative estimate of drug-likeness (QED) is 0.525. The van der Waals surface area contributed by atoms with E-state index in [4.69, 9.17) is 4.74 Å². The average Bonchev–Trinajstić information content (AvgIpc) is 2.20. The number of hydrogen-bond donors (Lipinski definition) is 0. The van der Waals surface area contributed by atoms with Crippen LogP contribution in [0.1, 0.15) is 40.0 Å². The lowest BCUT2D eigenvalue weighted by molar-refractivity contribution is -0.147. The summed E-state index contributed by atoms with van der Waals surface area (Å²) in [4.78, 5) is 11.2. The van der Waals surface area contributed by atoms with Gasteiger partial charge in [-0.15, -0.1) is 0 Å². The molecule has 0 fully saturated rings. The fourth-order valence-corrected chi connectivity index (χ4v) is 1.79. The zero-order valence-electron chi connectivity index (χ0n) is 9.88. The highest BCUT2D eigenvalue weighted by Gasteiger charge is 2.24. The molecule has 0 aromatic heterocycles. The van der Waals surface area contributed by atoms with Gasteiger partial charge in [0.25, 0.3) is 0 Å². The molecule has 0 radical (unpaired) electrons. The second kappa shape index (κ2) is 5.15. The zero-order valence-corrected chi connectivity index (χ0v) is 9.88. The van der Waals surface area contributed by atoms with E-state index in [2.05, 4.69) is 12.7 Å². The van der Waals surface area contributed by atoms with Crippen LogP contribution in [-0.2, 0) is 9.53 Å². The van der Waals surface area contributed by atoms with E-state index in [0.717, 1.165) is 12.8 Å². The van der Waals surface area contributed by atoms with Crippen molar-refractivity contribution in [1.29, 1.82) is 0 Å². The third-order valence-corrected chi connectivity index (χ3v) is 2.99. The van der Waals surface area contributed by atoms with E-state index in [9.17, 15) is 4.79 Å². The number of carbonyl (C=O) groups is 1. The molecule has 0 aromatic carbocycles. The highest BCUT2D eigenvalue weighted by molar-refractivity contribution is 5.69. The number of carbonyl (C=O) groups excluding carboxylic acids is 1. The van der Waals surface area contributed by atoms with E-state index in [1.54, 1.807) is 0 Å². The lowest BCUT2D eigenvalue weighted by Gasteiger charge is -2.28. The molecule has 0 saturated carbocycles. The van der Waals surface area contributed by atoms with Crippen LogP contribution < -0.4 is 0 Å². The molecule has 1 aliphatic carbocycles. The predicted octanol–water partition coefficient (Wildman–Crippen LogP) is 3.24. The Bertz CT molecular complexity index is 289. The molecule has 2 nitrogen and oxygen atoms in total. The second-order valence-electron chi connectivity index (χ2n) is 4.29. The summed E-state index contributed by atoms with van der Waals surface area (Å²) in [6, 6.07) is 0. The molecule has 0 amide bonds. The Kier molecular flexibility index (Phi) is 4.13. The van der Waals surface area contributed by atoms with Gasteiger partial charge in [-0.2, -0.15) is 0 Å². The Balaban J connectivity index is 2.63. The minimum absolute atomic E-state index is 0.0344. The van der Waals surface area contributed by atoms with Gasteiger partial charge in [-0.25, -0.2) is 0 Å². The molecule has 1 aliphatic rings. The Morgan fingerprint density at radius 3 is 2.87 bits per heavy atom. The van der Waals surface area contributed by atoms with E-state index in [1.165, 1.54) is 11.1 Å². The van der Waals surface area contributed by atoms with Crippen molar-refractivity contribution in [3.8, 4) is 0 Å². The van der Waals surface area contributed by atoms with Gasteiger partial charge in [0.1, 0.15) is 6.10 Å². The summed E-state index contributed by atoms with van der Waals surface area (Å²) >= 11 is 0. The van der Waals surface area contributed by atoms with E-state index < -0.39 is 0 Å². The van der Waals surface area contributed by atoms with E-state index in [1.807, 2.05) is 20.8 Å². The molecule has 84 valence electrons. The van der Waals surface area contributed by atoms with E-state index in [0.29, 0.717) is 12.3 Å². The molecular weight excluding hydrogens is 188 g/mol. The number of ether oxygens (including phenoxy) is 1. The maximum Gasteiger partial charge on any atom is 0.306 e. The molecule has 0 spiro atoms. The summed E-state index contributed by atoms with van der Waals surface area (Å²) in [6.07, 6.45) is 4.50. The summed E-state index contributed by atoms with van der Waals surface area (Å²) in [5, 5.41) is 0. The molecule has 15 heavy (non-hydrogen) atoms. The lowest BCUT2D eigenvalue weighted by atomic mass is 9.84. The van der Waals surface area contributed by atoms with Gasteiger partial charge in [0.2, 0.25) is 0 Å². The number of allylic oxidation sites excluding steroid dienone is 2. The third kappa shape index (κ3) is 3.22. The second-order valence-corrected chi connectivity index (χ2v) is 4.29. The van der Waals surface area contributed by atoms with Gasteiger partial charge in [-0.05, 0) is 38.2 Å². The van der Waals surface area contributed by atoms with Gasteiger partial charge < -0.3 is 4.74 Å². The van der Waals surface area contributed by atoms with Crippen molar-refractivity contribution in [3.63, 3.8) is 0 Å². The number of rotatable bonds is 3. The largest absolute Gasteiger partial charge is 0.458 e. The highest BCUT2D eigenvalue weighted by atomic mass is 16.5. The standard InChI is InChI=1S/C13H20O2/c1-5-13(14)15-12-8-11(9(2)3)7-6-10(12)4/h6,11-12H,2,5,7-8H2,1,3-4H3/t11-,12?/m0/s1. The summed E-state index contributed by atoms with van der Waals surface area (Å²) in [5.74, 6) is 0.346. The van der Waals surface area contributed by atoms with Crippen LogP contribution in [0.2, 0.25) is 0 Å². The smallest absolute Gasteiger partial charge is 0.306 e. The summed E-state index contributed by atoms with van der Waals surface area (Å²) < 4.78 is 5.38. The van der Waals surface area contributed by atoms with Crippen LogP contribution in [0.3, 0.4) is 0 Å². The Hall–Kier alpha value is -1.05. The van der Waals surface area contributed by atoms with Crippen LogP contribution in [0.25, 0.3) is 0 Å². The summed E-state index contributed by atoms with van der Waals surface area (Å²) in [5.41, 5.74) is 2.35.